The standard InChI is InChI=1S/C23H30N4O/c1-18-8-6-7-11-20(18)14-25-23(24-2)27-16-21-22(17-27)28-13-12-26(21)15-19-9-4-3-5-10-19/h3-11,21-22H,12-17H2,1-2H3,(H,24,25). The molecule has 0 amide bonds. The zero-order chi connectivity index (χ0) is 19.3. The van der Waals surface area contributed by atoms with E-state index < -0.39 is 0 Å². The molecular weight excluding hydrogens is 348 g/mol. The number of ether oxygens (including phenoxy) is 1. The molecule has 0 aliphatic carbocycles. The average molecular weight is 379 g/mol. The van der Waals surface area contributed by atoms with E-state index in [-0.39, 0.29) is 6.10 Å². The summed E-state index contributed by atoms with van der Waals surface area (Å²) in [4.78, 5) is 9.45. The van der Waals surface area contributed by atoms with Crippen LogP contribution in [0.15, 0.2) is 59.6 Å². The third kappa shape index (κ3) is 4.21. The smallest absolute Gasteiger partial charge is 0.194 e. The summed E-state index contributed by atoms with van der Waals surface area (Å²) in [6.07, 6.45) is 0.245. The van der Waals surface area contributed by atoms with Crippen molar-refractivity contribution in [1.29, 1.82) is 0 Å². The van der Waals surface area contributed by atoms with E-state index in [1.165, 1.54) is 16.7 Å². The summed E-state index contributed by atoms with van der Waals surface area (Å²) in [5.41, 5.74) is 3.98. The van der Waals surface area contributed by atoms with Crippen LogP contribution in [0.2, 0.25) is 0 Å². The Morgan fingerprint density at radius 2 is 1.89 bits per heavy atom. The predicted molar refractivity (Wildman–Crippen MR) is 113 cm³/mol. The molecule has 0 bridgehead atoms. The van der Waals surface area contributed by atoms with Gasteiger partial charge in [-0.1, -0.05) is 54.6 Å². The number of nitrogens with zero attached hydrogens (tertiary/aromatic N) is 3. The van der Waals surface area contributed by atoms with Crippen molar-refractivity contribution in [3.8, 4) is 0 Å². The summed E-state index contributed by atoms with van der Waals surface area (Å²) in [7, 11) is 1.87. The van der Waals surface area contributed by atoms with Gasteiger partial charge in [-0.05, 0) is 23.6 Å². The van der Waals surface area contributed by atoms with Gasteiger partial charge < -0.3 is 15.0 Å². The van der Waals surface area contributed by atoms with Gasteiger partial charge in [0.2, 0.25) is 0 Å². The molecule has 2 heterocycles. The molecule has 0 radical (unpaired) electrons. The van der Waals surface area contributed by atoms with Crippen LogP contribution >= 0.6 is 0 Å². The molecule has 28 heavy (non-hydrogen) atoms. The van der Waals surface area contributed by atoms with Crippen molar-refractivity contribution in [3.05, 3.63) is 71.3 Å². The first-order chi connectivity index (χ1) is 13.7. The number of hydrogen-bond acceptors (Lipinski definition) is 3. The largest absolute Gasteiger partial charge is 0.373 e. The molecule has 4 rings (SSSR count). The molecule has 2 atom stereocenters. The average Bonchev–Trinajstić information content (AvgIpc) is 3.16. The fourth-order valence-corrected chi connectivity index (χ4v) is 4.26. The van der Waals surface area contributed by atoms with Gasteiger partial charge in [-0.2, -0.15) is 0 Å². The van der Waals surface area contributed by atoms with Gasteiger partial charge in [0, 0.05) is 39.8 Å². The fourth-order valence-electron chi connectivity index (χ4n) is 4.26. The molecular formula is C23H30N4O. The highest BCUT2D eigenvalue weighted by molar-refractivity contribution is 5.80. The van der Waals surface area contributed by atoms with Gasteiger partial charge in [-0.3, -0.25) is 9.89 Å². The van der Waals surface area contributed by atoms with Gasteiger partial charge in [0.1, 0.15) is 0 Å². The number of benzene rings is 2. The van der Waals surface area contributed by atoms with E-state index in [1.807, 2.05) is 7.05 Å². The molecule has 2 saturated heterocycles. The van der Waals surface area contributed by atoms with E-state index in [2.05, 4.69) is 81.6 Å². The van der Waals surface area contributed by atoms with Crippen LogP contribution in [-0.4, -0.2) is 61.2 Å². The normalized spacial score (nSPS) is 22.9. The molecule has 2 fully saturated rings. The Morgan fingerprint density at radius 3 is 2.68 bits per heavy atom. The molecule has 2 aliphatic heterocycles. The summed E-state index contributed by atoms with van der Waals surface area (Å²) in [5.74, 6) is 0.959. The highest BCUT2D eigenvalue weighted by Crippen LogP contribution is 2.24. The zero-order valence-corrected chi connectivity index (χ0v) is 16.8. The van der Waals surface area contributed by atoms with Gasteiger partial charge in [0.05, 0.1) is 18.8 Å². The summed E-state index contributed by atoms with van der Waals surface area (Å²) in [6.45, 7) is 7.55. The van der Waals surface area contributed by atoms with Crippen molar-refractivity contribution in [3.63, 3.8) is 0 Å². The van der Waals surface area contributed by atoms with E-state index >= 15 is 0 Å². The Morgan fingerprint density at radius 1 is 1.11 bits per heavy atom. The lowest BCUT2D eigenvalue weighted by molar-refractivity contribution is -0.0502. The van der Waals surface area contributed by atoms with Crippen molar-refractivity contribution in [2.75, 3.05) is 33.3 Å². The first kappa shape index (κ1) is 19.0. The van der Waals surface area contributed by atoms with E-state index in [9.17, 15) is 0 Å². The Balaban J connectivity index is 1.40. The molecule has 2 aromatic carbocycles. The molecule has 5 heteroatoms. The molecule has 5 nitrogen and oxygen atoms in total. The molecule has 1 N–H and O–H groups in total. The molecule has 2 aliphatic rings. The van der Waals surface area contributed by atoms with Crippen LogP contribution in [-0.2, 0) is 17.8 Å². The number of likely N-dealkylation sites (tertiary alicyclic amines) is 1. The van der Waals surface area contributed by atoms with E-state index in [0.717, 1.165) is 45.3 Å². The van der Waals surface area contributed by atoms with Crippen LogP contribution in [0.1, 0.15) is 16.7 Å². The maximum atomic E-state index is 6.11. The number of nitrogens with one attached hydrogen (secondary N) is 1. The molecule has 0 aromatic heterocycles. The topological polar surface area (TPSA) is 40.1 Å². The maximum Gasteiger partial charge on any atom is 0.194 e. The second-order valence-electron chi connectivity index (χ2n) is 7.66. The van der Waals surface area contributed by atoms with Crippen LogP contribution in [0.4, 0.5) is 0 Å². The van der Waals surface area contributed by atoms with Crippen molar-refractivity contribution in [2.24, 2.45) is 4.99 Å². The minimum atomic E-state index is 0.245. The number of guanidine groups is 1. The van der Waals surface area contributed by atoms with E-state index in [0.29, 0.717) is 6.04 Å². The number of aryl methyl sites for hydroxylation is 1. The van der Waals surface area contributed by atoms with Crippen molar-refractivity contribution >= 4 is 5.96 Å². The quantitative estimate of drug-likeness (QED) is 0.656. The molecule has 2 unspecified atom stereocenters. The van der Waals surface area contributed by atoms with Gasteiger partial charge >= 0.3 is 0 Å². The van der Waals surface area contributed by atoms with Crippen LogP contribution in [0, 0.1) is 6.92 Å². The Hall–Kier alpha value is -2.37. The lowest BCUT2D eigenvalue weighted by Gasteiger charge is -2.36. The molecule has 0 saturated carbocycles. The summed E-state index contributed by atoms with van der Waals surface area (Å²) in [6, 6.07) is 19.6. The van der Waals surface area contributed by atoms with Gasteiger partial charge in [-0.15, -0.1) is 0 Å². The lowest BCUT2D eigenvalue weighted by atomic mass is 10.1. The van der Waals surface area contributed by atoms with E-state index in [4.69, 9.17) is 4.74 Å². The third-order valence-electron chi connectivity index (χ3n) is 5.85. The van der Waals surface area contributed by atoms with Crippen LogP contribution < -0.4 is 5.32 Å². The molecule has 0 spiro atoms. The first-order valence-electron chi connectivity index (χ1n) is 10.1. The second kappa shape index (κ2) is 8.76. The SMILES string of the molecule is CN=C(NCc1ccccc1C)N1CC2OCCN(Cc3ccccc3)C2C1. The van der Waals surface area contributed by atoms with E-state index in [1.54, 1.807) is 0 Å². The number of aliphatic imine (C=N–C) groups is 1. The monoisotopic (exact) mass is 378 g/mol. The van der Waals surface area contributed by atoms with Crippen molar-refractivity contribution in [2.45, 2.75) is 32.2 Å². The number of hydrogen-bond donors (Lipinski definition) is 1. The highest BCUT2D eigenvalue weighted by Gasteiger charge is 2.41. The van der Waals surface area contributed by atoms with Crippen LogP contribution in [0.5, 0.6) is 0 Å². The van der Waals surface area contributed by atoms with Gasteiger partial charge in [-0.25, -0.2) is 0 Å². The fraction of sp³-hybridized carbons (Fsp3) is 0.435. The summed E-state index contributed by atoms with van der Waals surface area (Å²) >= 11 is 0. The highest BCUT2D eigenvalue weighted by atomic mass is 16.5. The predicted octanol–water partition coefficient (Wildman–Crippen LogP) is 2.66. The van der Waals surface area contributed by atoms with Crippen LogP contribution in [0.3, 0.4) is 0 Å². The molecule has 148 valence electrons. The minimum absolute atomic E-state index is 0.245. The summed E-state index contributed by atoms with van der Waals surface area (Å²) in [5, 5.41) is 3.54. The lowest BCUT2D eigenvalue weighted by Crippen LogP contribution is -2.50. The Kier molecular flexibility index (Phi) is 5.93. The zero-order valence-electron chi connectivity index (χ0n) is 16.8. The number of fused-ring (bicyclic) bond motifs is 1. The van der Waals surface area contributed by atoms with Crippen molar-refractivity contribution in [1.82, 2.24) is 15.1 Å². The summed E-state index contributed by atoms with van der Waals surface area (Å²) < 4.78 is 6.11. The number of rotatable bonds is 4. The first-order valence-corrected chi connectivity index (χ1v) is 10.1. The maximum absolute atomic E-state index is 6.11. The van der Waals surface area contributed by atoms with Crippen LogP contribution in [0.25, 0.3) is 0 Å². The van der Waals surface area contributed by atoms with Gasteiger partial charge in [0.15, 0.2) is 5.96 Å². The molecule has 2 aromatic rings. The minimum Gasteiger partial charge on any atom is -0.373 e. The van der Waals surface area contributed by atoms with Gasteiger partial charge in [0.25, 0.3) is 0 Å². The Bertz CT molecular complexity index is 807. The van der Waals surface area contributed by atoms with Crippen molar-refractivity contribution < 1.29 is 4.74 Å². The number of morpholine rings is 1. The third-order valence-corrected chi connectivity index (χ3v) is 5.85. The Labute approximate surface area is 168 Å². The second-order valence-corrected chi connectivity index (χ2v) is 7.66.